The summed E-state index contributed by atoms with van der Waals surface area (Å²) in [6.45, 7) is 18.5. The predicted octanol–water partition coefficient (Wildman–Crippen LogP) is 12.5. The van der Waals surface area contributed by atoms with Crippen molar-refractivity contribution in [1.29, 1.82) is 0 Å². The Hall–Kier alpha value is -3.94. The average Bonchev–Trinajstić information content (AvgIpc) is 2.98. The van der Waals surface area contributed by atoms with Gasteiger partial charge < -0.3 is 10.1 Å². The molecule has 273 valence electrons. The molecule has 0 atom stereocenters. The van der Waals surface area contributed by atoms with Gasteiger partial charge in [-0.05, 0) is 108 Å². The van der Waals surface area contributed by atoms with Gasteiger partial charge in [0.25, 0.3) is 0 Å². The first-order chi connectivity index (χ1) is 22.9. The van der Waals surface area contributed by atoms with Gasteiger partial charge >= 0.3 is 17.9 Å². The number of allylic oxidation sites excluding steroid dienone is 2. The van der Waals surface area contributed by atoms with Crippen molar-refractivity contribution < 1.29 is 52.0 Å². The number of hydrogen-bond donors (Lipinski definition) is 1. The van der Waals surface area contributed by atoms with Crippen LogP contribution in [0.25, 0.3) is 43.9 Å². The van der Waals surface area contributed by atoms with Gasteiger partial charge in [-0.2, -0.15) is 22.0 Å². The first-order valence-electron chi connectivity index (χ1n) is 16.3. The van der Waals surface area contributed by atoms with Crippen molar-refractivity contribution >= 4 is 27.3 Å². The number of fused-ring (bicyclic) bond motifs is 3. The third-order valence-electron chi connectivity index (χ3n) is 8.51. The number of nitrogens with zero attached hydrogens (tertiary/aromatic N) is 1. The number of pyridine rings is 1. The van der Waals surface area contributed by atoms with Crippen LogP contribution >= 0.6 is 0 Å². The third-order valence-corrected chi connectivity index (χ3v) is 8.51. The summed E-state index contributed by atoms with van der Waals surface area (Å²) in [5.41, 5.74) is 4.36. The number of aryl methyl sites for hydroxylation is 4. The summed E-state index contributed by atoms with van der Waals surface area (Å²) in [6.07, 6.45) is -2.44. The molecule has 2 N–H and O–H groups in total. The molecule has 0 aliphatic heterocycles. The topological polar surface area (TPSA) is 54.5 Å². The summed E-state index contributed by atoms with van der Waals surface area (Å²) in [5, 5.41) is 13.5. The van der Waals surface area contributed by atoms with Gasteiger partial charge in [0.1, 0.15) is 5.76 Å². The van der Waals surface area contributed by atoms with E-state index in [2.05, 4.69) is 23.2 Å². The Labute approximate surface area is 310 Å². The van der Waals surface area contributed by atoms with Gasteiger partial charge in [0, 0.05) is 37.3 Å². The maximum absolute atomic E-state index is 14.0. The van der Waals surface area contributed by atoms with Crippen molar-refractivity contribution in [3.63, 3.8) is 0 Å². The van der Waals surface area contributed by atoms with E-state index in [-0.39, 0.29) is 42.5 Å². The molecule has 5 rings (SSSR count). The summed E-state index contributed by atoms with van der Waals surface area (Å²) in [7, 11) is 0. The van der Waals surface area contributed by atoms with E-state index < -0.39 is 17.7 Å². The van der Waals surface area contributed by atoms with E-state index in [4.69, 9.17) is 0 Å². The molecule has 0 aliphatic carbocycles. The third kappa shape index (κ3) is 9.11. The molecule has 0 amide bonds. The second kappa shape index (κ2) is 15.0. The fourth-order valence-corrected chi connectivity index (χ4v) is 5.72. The van der Waals surface area contributed by atoms with Crippen LogP contribution in [0.3, 0.4) is 0 Å². The van der Waals surface area contributed by atoms with Gasteiger partial charge in [-0.3, -0.25) is 4.79 Å². The second-order valence-corrected chi connectivity index (χ2v) is 15.0. The van der Waals surface area contributed by atoms with E-state index in [9.17, 15) is 31.9 Å². The van der Waals surface area contributed by atoms with Crippen LogP contribution in [0.5, 0.6) is 0 Å². The molecule has 5 aromatic rings. The van der Waals surface area contributed by atoms with Crippen molar-refractivity contribution in [2.45, 2.75) is 81.3 Å². The van der Waals surface area contributed by atoms with Crippen molar-refractivity contribution in [2.75, 3.05) is 0 Å². The monoisotopic (exact) mass is 882 g/mol. The molecule has 1 heterocycles. The number of hydrogen-bond acceptors (Lipinski definition) is 2. The van der Waals surface area contributed by atoms with Crippen LogP contribution in [0, 0.1) is 44.6 Å². The van der Waals surface area contributed by atoms with Crippen molar-refractivity contribution in [1.82, 2.24) is 4.98 Å². The first kappa shape index (κ1) is 41.5. The molecule has 1 radical (unpaired) electrons. The Bertz CT molecular complexity index is 2080. The number of ketones is 1. The molecular formula is C42H44F5IrNO2. The molecule has 3 nitrogen and oxygen atoms in total. The summed E-state index contributed by atoms with van der Waals surface area (Å²) in [4.78, 5) is 14.2. The fourth-order valence-electron chi connectivity index (χ4n) is 5.72. The van der Waals surface area contributed by atoms with E-state index in [0.29, 0.717) is 16.7 Å². The Balaban J connectivity index is 0.000000430. The van der Waals surface area contributed by atoms with Crippen molar-refractivity contribution in [3.05, 3.63) is 113 Å². The average molecular weight is 882 g/mol. The van der Waals surface area contributed by atoms with Crippen LogP contribution < -0.4 is 0 Å². The first-order valence-corrected chi connectivity index (χ1v) is 16.3. The maximum Gasteiger partial charge on any atom is 0.458 e. The minimum Gasteiger partial charge on any atom is -0.511 e. The van der Waals surface area contributed by atoms with Crippen molar-refractivity contribution in [3.8, 4) is 22.4 Å². The molecule has 0 saturated heterocycles. The van der Waals surface area contributed by atoms with Crippen LogP contribution in [0.1, 0.15) is 69.4 Å². The molecule has 4 aromatic carbocycles. The van der Waals surface area contributed by atoms with Crippen LogP contribution in [0.15, 0.2) is 78.7 Å². The number of rotatable bonds is 4. The van der Waals surface area contributed by atoms with Gasteiger partial charge in [0.2, 0.25) is 0 Å². The molecule has 0 spiro atoms. The number of benzene rings is 4. The van der Waals surface area contributed by atoms with Gasteiger partial charge in [-0.1, -0.05) is 58.9 Å². The zero-order valence-corrected chi connectivity index (χ0v) is 32.9. The van der Waals surface area contributed by atoms with E-state index in [1.165, 1.54) is 6.08 Å². The predicted molar refractivity (Wildman–Crippen MR) is 194 cm³/mol. The Morgan fingerprint density at radius 3 is 1.86 bits per heavy atom. The summed E-state index contributed by atoms with van der Waals surface area (Å²) < 4.78 is 66.7. The summed E-state index contributed by atoms with van der Waals surface area (Å²) >= 11 is 0. The minimum absolute atomic E-state index is 0. The van der Waals surface area contributed by atoms with Crippen LogP contribution in [0.4, 0.5) is 22.0 Å². The number of aromatic nitrogens is 1. The molecule has 0 unspecified atom stereocenters. The molecule has 0 bridgehead atoms. The zero-order valence-electron chi connectivity index (χ0n) is 30.5. The van der Waals surface area contributed by atoms with Crippen molar-refractivity contribution in [2.24, 2.45) is 10.8 Å². The molecule has 0 aliphatic rings. The molecule has 51 heavy (non-hydrogen) atoms. The summed E-state index contributed by atoms with van der Waals surface area (Å²) in [5.74, 6) is -4.50. The number of carbonyl (C=O) groups excluding carboxylic acids is 1. The second-order valence-electron chi connectivity index (χ2n) is 15.0. The van der Waals surface area contributed by atoms with E-state index in [1.54, 1.807) is 20.0 Å². The van der Waals surface area contributed by atoms with Crippen LogP contribution in [-0.4, -0.2) is 26.8 Å². The fraction of sp³-hybridized carbons (Fsp3) is 0.333. The maximum atomic E-state index is 14.0. The summed E-state index contributed by atoms with van der Waals surface area (Å²) in [6, 6.07) is 21.1. The molecule has 0 fully saturated rings. The SMILES string of the molecule is CC(C)(C)C(=[OH+])/C=C(\O)C(C)(C)C.Cc1[c-]c(-c2nccc3c2ccc2cc(-c4c(C)cc(C(F)(F)C(F)(F)F)cc4C)ccc23)cc(C)c1.[Ir]. The number of alkyl halides is 5. The smallest absolute Gasteiger partial charge is 0.458 e. The zero-order chi connectivity index (χ0) is 37.6. The Kier molecular flexibility index (Phi) is 12.2. The Morgan fingerprint density at radius 1 is 0.745 bits per heavy atom. The van der Waals surface area contributed by atoms with Crippen LogP contribution in [-0.2, 0) is 26.0 Å². The standard InChI is InChI=1S/C31H23F5N.C11H20O2.Ir/c1-17-11-18(2)13-23(12-17)29-27-8-5-21-16-22(6-7-25(21)26(27)9-10-37-29)28-19(3)14-24(15-20(28)4)30(32,33)31(34,35)36;1-10(2,3)8(12)7-9(13)11(4,5)6;/h5-12,14-16H,1-4H3;7,12H,1-6H3;/q-1;;/p+1/b;8-7-;. The number of aliphatic hydroxyl groups is 1. The van der Waals surface area contributed by atoms with E-state index in [1.807, 2.05) is 91.8 Å². The minimum atomic E-state index is -5.65. The van der Waals surface area contributed by atoms with Gasteiger partial charge in [0.05, 0.1) is 11.5 Å². The molecular weight excluding hydrogens is 838 g/mol. The molecule has 1 aromatic heterocycles. The molecule has 0 saturated carbocycles. The quantitative estimate of drug-likeness (QED) is 0.0488. The van der Waals surface area contributed by atoms with Gasteiger partial charge in [0.15, 0.2) is 0 Å². The van der Waals surface area contributed by atoms with Crippen LogP contribution in [0.2, 0.25) is 0 Å². The Morgan fingerprint density at radius 2 is 1.33 bits per heavy atom. The normalized spacial score (nSPS) is 12.7. The van der Waals surface area contributed by atoms with E-state index >= 15 is 0 Å². The van der Waals surface area contributed by atoms with Gasteiger partial charge in [-0.25, -0.2) is 0 Å². The number of aliphatic hydroxyl groups excluding tert-OH is 1. The molecule has 9 heteroatoms. The largest absolute Gasteiger partial charge is 0.511 e. The van der Waals surface area contributed by atoms with Gasteiger partial charge in [-0.15, -0.1) is 34.9 Å². The van der Waals surface area contributed by atoms with E-state index in [0.717, 1.165) is 61.6 Å². The number of halogens is 5.